The average molecular weight is 324 g/mol. The fraction of sp³-hybridized carbons (Fsp3) is 0.647. The van der Waals surface area contributed by atoms with Crippen LogP contribution < -0.4 is 10.5 Å². The van der Waals surface area contributed by atoms with Crippen molar-refractivity contribution in [2.45, 2.75) is 63.2 Å². The van der Waals surface area contributed by atoms with E-state index in [1.807, 2.05) is 6.07 Å². The fourth-order valence-electron chi connectivity index (χ4n) is 3.26. The molecule has 0 spiro atoms. The molecule has 0 radical (unpaired) electrons. The molecule has 0 aromatic heterocycles. The van der Waals surface area contributed by atoms with Gasteiger partial charge in [-0.25, -0.2) is 13.1 Å². The molecule has 0 unspecified atom stereocenters. The minimum atomic E-state index is -3.42. The van der Waals surface area contributed by atoms with Crippen molar-refractivity contribution in [1.29, 1.82) is 0 Å². The van der Waals surface area contributed by atoms with Gasteiger partial charge in [0.25, 0.3) is 0 Å². The van der Waals surface area contributed by atoms with Crippen LogP contribution in [0.4, 0.5) is 5.69 Å². The smallest absolute Gasteiger partial charge is 0.240 e. The van der Waals surface area contributed by atoms with Crippen LogP contribution in [0.25, 0.3) is 0 Å². The SMILES string of the molecule is CCNS(=O)(=O)c1ccc(CC2CCCCCCC2)c(N)c1. The van der Waals surface area contributed by atoms with Gasteiger partial charge in [-0.1, -0.05) is 57.9 Å². The summed E-state index contributed by atoms with van der Waals surface area (Å²) >= 11 is 0. The average Bonchev–Trinajstić information content (AvgIpc) is 2.43. The van der Waals surface area contributed by atoms with Crippen molar-refractivity contribution in [3.05, 3.63) is 23.8 Å². The second-order valence-corrected chi connectivity index (χ2v) is 8.04. The number of rotatable bonds is 5. The van der Waals surface area contributed by atoms with E-state index in [-0.39, 0.29) is 4.90 Å². The van der Waals surface area contributed by atoms with E-state index in [2.05, 4.69) is 4.72 Å². The van der Waals surface area contributed by atoms with E-state index in [9.17, 15) is 8.42 Å². The predicted octanol–water partition coefficient (Wildman–Crippen LogP) is 3.47. The van der Waals surface area contributed by atoms with Crippen molar-refractivity contribution in [2.75, 3.05) is 12.3 Å². The van der Waals surface area contributed by atoms with E-state index in [4.69, 9.17) is 5.73 Å². The van der Waals surface area contributed by atoms with Gasteiger partial charge in [-0.05, 0) is 30.0 Å². The van der Waals surface area contributed by atoms with Crippen LogP contribution >= 0.6 is 0 Å². The lowest BCUT2D eigenvalue weighted by Crippen LogP contribution is -2.23. The van der Waals surface area contributed by atoms with Crippen LogP contribution in [-0.2, 0) is 16.4 Å². The molecule has 1 aromatic carbocycles. The third-order valence-corrected chi connectivity index (χ3v) is 6.04. The maximum atomic E-state index is 12.0. The highest BCUT2D eigenvalue weighted by Gasteiger charge is 2.17. The van der Waals surface area contributed by atoms with Gasteiger partial charge in [-0.3, -0.25) is 0 Å². The zero-order valence-corrected chi connectivity index (χ0v) is 14.3. The molecule has 1 saturated carbocycles. The molecule has 5 heteroatoms. The number of hydrogen-bond acceptors (Lipinski definition) is 3. The molecular weight excluding hydrogens is 296 g/mol. The van der Waals surface area contributed by atoms with Crippen molar-refractivity contribution in [3.8, 4) is 0 Å². The Morgan fingerprint density at radius 2 is 1.77 bits per heavy atom. The molecule has 0 atom stereocenters. The van der Waals surface area contributed by atoms with Gasteiger partial charge in [0.15, 0.2) is 0 Å². The maximum absolute atomic E-state index is 12.0. The van der Waals surface area contributed by atoms with E-state index >= 15 is 0 Å². The summed E-state index contributed by atoms with van der Waals surface area (Å²) < 4.78 is 26.5. The molecule has 1 fully saturated rings. The second kappa shape index (κ2) is 7.97. The number of nitrogen functional groups attached to an aromatic ring is 1. The highest BCUT2D eigenvalue weighted by atomic mass is 32.2. The first kappa shape index (κ1) is 17.3. The number of anilines is 1. The van der Waals surface area contributed by atoms with Crippen LogP contribution in [0.3, 0.4) is 0 Å². The lowest BCUT2D eigenvalue weighted by molar-refractivity contribution is 0.377. The minimum Gasteiger partial charge on any atom is -0.398 e. The number of sulfonamides is 1. The zero-order chi connectivity index (χ0) is 16.0. The fourth-order valence-corrected chi connectivity index (χ4v) is 4.33. The normalized spacial score (nSPS) is 17.9. The van der Waals surface area contributed by atoms with Crippen molar-refractivity contribution < 1.29 is 8.42 Å². The van der Waals surface area contributed by atoms with E-state index in [0.717, 1.165) is 12.0 Å². The summed E-state index contributed by atoms with van der Waals surface area (Å²) in [6.45, 7) is 2.15. The van der Waals surface area contributed by atoms with Gasteiger partial charge in [0.05, 0.1) is 4.90 Å². The Balaban J connectivity index is 2.09. The first-order chi connectivity index (χ1) is 10.5. The van der Waals surface area contributed by atoms with Gasteiger partial charge in [-0.15, -0.1) is 0 Å². The Hall–Kier alpha value is -1.07. The molecule has 1 aliphatic rings. The summed E-state index contributed by atoms with van der Waals surface area (Å²) in [6, 6.07) is 5.15. The topological polar surface area (TPSA) is 72.2 Å². The van der Waals surface area contributed by atoms with Gasteiger partial charge in [0, 0.05) is 12.2 Å². The second-order valence-electron chi connectivity index (χ2n) is 6.28. The highest BCUT2D eigenvalue weighted by molar-refractivity contribution is 7.89. The number of nitrogens with two attached hydrogens (primary N) is 1. The summed E-state index contributed by atoms with van der Waals surface area (Å²) in [7, 11) is -3.42. The zero-order valence-electron chi connectivity index (χ0n) is 13.5. The standard InChI is InChI=1S/C17H28N2O2S/c1-2-19-22(20,21)16-11-10-15(17(18)13-16)12-14-8-6-4-3-5-7-9-14/h10-11,13-14,19H,2-9,12,18H2,1H3. The molecule has 22 heavy (non-hydrogen) atoms. The van der Waals surface area contributed by atoms with Gasteiger partial charge in [0.2, 0.25) is 10.0 Å². The summed E-state index contributed by atoms with van der Waals surface area (Å²) in [5.41, 5.74) is 7.79. The van der Waals surface area contributed by atoms with Crippen molar-refractivity contribution >= 4 is 15.7 Å². The summed E-state index contributed by atoms with van der Waals surface area (Å²) in [5.74, 6) is 0.679. The van der Waals surface area contributed by atoms with Gasteiger partial charge < -0.3 is 5.73 Å². The molecule has 1 aromatic rings. The summed E-state index contributed by atoms with van der Waals surface area (Å²) in [6.07, 6.45) is 10.1. The first-order valence-electron chi connectivity index (χ1n) is 8.41. The van der Waals surface area contributed by atoms with E-state index in [1.54, 1.807) is 19.1 Å². The van der Waals surface area contributed by atoms with Crippen molar-refractivity contribution in [2.24, 2.45) is 5.92 Å². The number of benzene rings is 1. The van der Waals surface area contributed by atoms with Gasteiger partial charge in [-0.2, -0.15) is 0 Å². The third kappa shape index (κ3) is 4.71. The first-order valence-corrected chi connectivity index (χ1v) is 9.89. The van der Waals surface area contributed by atoms with Crippen LogP contribution in [0, 0.1) is 5.92 Å². The molecule has 0 heterocycles. The largest absolute Gasteiger partial charge is 0.398 e. The summed E-state index contributed by atoms with van der Waals surface area (Å²) in [5, 5.41) is 0. The third-order valence-electron chi connectivity index (χ3n) is 4.50. The molecule has 0 bridgehead atoms. The quantitative estimate of drug-likeness (QED) is 0.815. The lowest BCUT2D eigenvalue weighted by Gasteiger charge is -2.20. The summed E-state index contributed by atoms with van der Waals surface area (Å²) in [4.78, 5) is 0.258. The van der Waals surface area contributed by atoms with E-state index in [0.29, 0.717) is 18.2 Å². The van der Waals surface area contributed by atoms with Crippen LogP contribution in [0.15, 0.2) is 23.1 Å². The number of nitrogens with one attached hydrogen (secondary N) is 1. The van der Waals surface area contributed by atoms with Crippen molar-refractivity contribution in [1.82, 2.24) is 4.72 Å². The minimum absolute atomic E-state index is 0.258. The molecule has 0 amide bonds. The molecule has 0 saturated heterocycles. The predicted molar refractivity (Wildman–Crippen MR) is 91.2 cm³/mol. The van der Waals surface area contributed by atoms with Crippen LogP contribution in [0.5, 0.6) is 0 Å². The number of hydrogen-bond donors (Lipinski definition) is 2. The Morgan fingerprint density at radius 1 is 1.14 bits per heavy atom. The van der Waals surface area contributed by atoms with Gasteiger partial charge >= 0.3 is 0 Å². The lowest BCUT2D eigenvalue weighted by atomic mass is 9.86. The van der Waals surface area contributed by atoms with Crippen LogP contribution in [-0.4, -0.2) is 15.0 Å². The Bertz CT molecular complexity index is 576. The molecule has 1 aliphatic carbocycles. The molecule has 0 aliphatic heterocycles. The van der Waals surface area contributed by atoms with Gasteiger partial charge in [0.1, 0.15) is 0 Å². The maximum Gasteiger partial charge on any atom is 0.240 e. The van der Waals surface area contributed by atoms with E-state index < -0.39 is 10.0 Å². The van der Waals surface area contributed by atoms with Crippen LogP contribution in [0.2, 0.25) is 0 Å². The molecule has 3 N–H and O–H groups in total. The Morgan fingerprint density at radius 3 is 2.36 bits per heavy atom. The van der Waals surface area contributed by atoms with Crippen LogP contribution in [0.1, 0.15) is 57.4 Å². The molecule has 4 nitrogen and oxygen atoms in total. The van der Waals surface area contributed by atoms with Crippen molar-refractivity contribution in [3.63, 3.8) is 0 Å². The Labute approximate surface area is 134 Å². The molecular formula is C17H28N2O2S. The Kier molecular flexibility index (Phi) is 6.26. The van der Waals surface area contributed by atoms with E-state index in [1.165, 1.54) is 44.9 Å². The highest BCUT2D eigenvalue weighted by Crippen LogP contribution is 2.28. The molecule has 2 rings (SSSR count). The monoisotopic (exact) mass is 324 g/mol. The molecule has 124 valence electrons.